The average molecular weight is 378 g/mol. The molecule has 7 heteroatoms. The number of alkyl halides is 3. The van der Waals surface area contributed by atoms with E-state index in [1.54, 1.807) is 19.4 Å². The van der Waals surface area contributed by atoms with E-state index in [-0.39, 0.29) is 0 Å². The van der Waals surface area contributed by atoms with E-state index in [2.05, 4.69) is 4.98 Å². The fourth-order valence-electron chi connectivity index (χ4n) is 2.54. The van der Waals surface area contributed by atoms with Crippen LogP contribution in [0.25, 0.3) is 11.3 Å². The first-order chi connectivity index (χ1) is 12.4. The molecule has 0 aliphatic heterocycles. The first-order valence-corrected chi connectivity index (χ1v) is 8.82. The second kappa shape index (κ2) is 7.45. The maximum absolute atomic E-state index is 12.8. The molecule has 0 N–H and O–H groups in total. The Balaban J connectivity index is 1.74. The van der Waals surface area contributed by atoms with Crippen molar-refractivity contribution in [3.05, 3.63) is 65.9 Å². The Kier molecular flexibility index (Phi) is 5.27. The van der Waals surface area contributed by atoms with E-state index in [4.69, 9.17) is 4.74 Å². The number of hydrogen-bond acceptors (Lipinski definition) is 3. The van der Waals surface area contributed by atoms with Crippen molar-refractivity contribution in [3.8, 4) is 17.0 Å². The molecule has 1 heterocycles. The highest BCUT2D eigenvalue weighted by Crippen LogP contribution is 2.32. The number of nitrogens with zero attached hydrogens (tertiary/aromatic N) is 2. The lowest BCUT2D eigenvalue weighted by atomic mass is 10.1. The predicted octanol–water partition coefficient (Wildman–Crippen LogP) is 5.41. The molecule has 3 aromatic rings. The Morgan fingerprint density at radius 1 is 1.12 bits per heavy atom. The SMILES string of the molecule is COc1ccc(-c2cnc(SCc3cccc(C(F)(F)F)c3)n2C)cc1. The van der Waals surface area contributed by atoms with E-state index in [0.29, 0.717) is 11.3 Å². The van der Waals surface area contributed by atoms with Crippen molar-refractivity contribution in [3.63, 3.8) is 0 Å². The fraction of sp³-hybridized carbons (Fsp3) is 0.211. The summed E-state index contributed by atoms with van der Waals surface area (Å²) in [6, 6.07) is 13.0. The smallest absolute Gasteiger partial charge is 0.416 e. The molecule has 0 amide bonds. The number of halogens is 3. The second-order valence-corrected chi connectivity index (χ2v) is 6.64. The van der Waals surface area contributed by atoms with Gasteiger partial charge >= 0.3 is 6.18 Å². The van der Waals surface area contributed by atoms with Gasteiger partial charge in [0.2, 0.25) is 0 Å². The van der Waals surface area contributed by atoms with Gasteiger partial charge in [-0.25, -0.2) is 4.98 Å². The van der Waals surface area contributed by atoms with Gasteiger partial charge in [0.15, 0.2) is 5.16 Å². The summed E-state index contributed by atoms with van der Waals surface area (Å²) in [5, 5.41) is 0.744. The first-order valence-electron chi connectivity index (χ1n) is 7.83. The van der Waals surface area contributed by atoms with Gasteiger partial charge in [0, 0.05) is 18.4 Å². The third-order valence-electron chi connectivity index (χ3n) is 3.95. The zero-order valence-corrected chi connectivity index (χ0v) is 15.1. The molecule has 3 nitrogen and oxygen atoms in total. The van der Waals surface area contributed by atoms with Crippen LogP contribution in [0.2, 0.25) is 0 Å². The summed E-state index contributed by atoms with van der Waals surface area (Å²) in [5.41, 5.74) is 1.90. The second-order valence-electron chi connectivity index (χ2n) is 5.70. The van der Waals surface area contributed by atoms with Crippen molar-refractivity contribution >= 4 is 11.8 Å². The van der Waals surface area contributed by atoms with Gasteiger partial charge in [-0.3, -0.25) is 0 Å². The summed E-state index contributed by atoms with van der Waals surface area (Å²) in [6.07, 6.45) is -2.57. The Morgan fingerprint density at radius 3 is 2.50 bits per heavy atom. The van der Waals surface area contributed by atoms with Crippen LogP contribution in [-0.4, -0.2) is 16.7 Å². The standard InChI is InChI=1S/C19H17F3N2OS/c1-24-17(14-6-8-16(25-2)9-7-14)11-23-18(24)26-12-13-4-3-5-15(10-13)19(20,21)22/h3-11H,12H2,1-2H3. The van der Waals surface area contributed by atoms with Gasteiger partial charge in [0.25, 0.3) is 0 Å². The molecule has 3 rings (SSSR count). The highest BCUT2D eigenvalue weighted by atomic mass is 32.2. The lowest BCUT2D eigenvalue weighted by molar-refractivity contribution is -0.137. The van der Waals surface area contributed by atoms with Crippen LogP contribution in [0.3, 0.4) is 0 Å². The van der Waals surface area contributed by atoms with Crippen molar-refractivity contribution in [1.29, 1.82) is 0 Å². The number of imidazole rings is 1. The summed E-state index contributed by atoms with van der Waals surface area (Å²) < 4.78 is 45.5. The quantitative estimate of drug-likeness (QED) is 0.556. The van der Waals surface area contributed by atoms with E-state index in [1.807, 2.05) is 35.9 Å². The summed E-state index contributed by atoms with van der Waals surface area (Å²) in [7, 11) is 3.50. The molecule has 0 aliphatic rings. The van der Waals surface area contributed by atoms with Gasteiger partial charge in [-0.1, -0.05) is 30.0 Å². The van der Waals surface area contributed by atoms with E-state index >= 15 is 0 Å². The molecule has 0 unspecified atom stereocenters. The molecule has 0 saturated heterocycles. The number of benzene rings is 2. The minimum atomic E-state index is -4.33. The number of thioether (sulfide) groups is 1. The Hall–Kier alpha value is -2.41. The normalized spacial score (nSPS) is 11.6. The van der Waals surface area contributed by atoms with Crippen LogP contribution in [-0.2, 0) is 19.0 Å². The predicted molar refractivity (Wildman–Crippen MR) is 96.2 cm³/mol. The van der Waals surface area contributed by atoms with Crippen LogP contribution in [0.5, 0.6) is 5.75 Å². The topological polar surface area (TPSA) is 27.1 Å². The van der Waals surface area contributed by atoms with Crippen molar-refractivity contribution in [2.24, 2.45) is 7.05 Å². The van der Waals surface area contributed by atoms with Crippen molar-refractivity contribution in [1.82, 2.24) is 9.55 Å². The maximum Gasteiger partial charge on any atom is 0.416 e. The minimum Gasteiger partial charge on any atom is -0.497 e. The van der Waals surface area contributed by atoms with Gasteiger partial charge in [0.05, 0.1) is 24.6 Å². The maximum atomic E-state index is 12.8. The van der Waals surface area contributed by atoms with E-state index in [0.717, 1.165) is 28.2 Å². The number of methoxy groups -OCH3 is 1. The molecular formula is C19H17F3N2OS. The van der Waals surface area contributed by atoms with E-state index in [1.165, 1.54) is 23.9 Å². The molecule has 0 saturated carbocycles. The highest BCUT2D eigenvalue weighted by molar-refractivity contribution is 7.98. The number of hydrogen-bond donors (Lipinski definition) is 0. The largest absolute Gasteiger partial charge is 0.497 e. The Labute approximate surface area is 153 Å². The molecule has 0 aliphatic carbocycles. The molecule has 0 fully saturated rings. The summed E-state index contributed by atoms with van der Waals surface area (Å²) in [5.74, 6) is 1.19. The van der Waals surface area contributed by atoms with Crippen molar-refractivity contribution in [2.75, 3.05) is 7.11 Å². The monoisotopic (exact) mass is 378 g/mol. The zero-order valence-electron chi connectivity index (χ0n) is 14.2. The Bertz CT molecular complexity index is 889. The molecule has 2 aromatic carbocycles. The highest BCUT2D eigenvalue weighted by Gasteiger charge is 2.30. The molecule has 26 heavy (non-hydrogen) atoms. The van der Waals surface area contributed by atoms with Crippen LogP contribution in [0.4, 0.5) is 13.2 Å². The van der Waals surface area contributed by atoms with Crippen LogP contribution in [0, 0.1) is 0 Å². The minimum absolute atomic E-state index is 0.414. The van der Waals surface area contributed by atoms with E-state index < -0.39 is 11.7 Å². The number of ether oxygens (including phenoxy) is 1. The van der Waals surface area contributed by atoms with Gasteiger partial charge < -0.3 is 9.30 Å². The molecule has 0 atom stereocenters. The Morgan fingerprint density at radius 2 is 1.85 bits per heavy atom. The van der Waals surface area contributed by atoms with Gasteiger partial charge in [0.1, 0.15) is 5.75 Å². The first kappa shape index (κ1) is 18.4. The van der Waals surface area contributed by atoms with E-state index in [9.17, 15) is 13.2 Å². The molecular weight excluding hydrogens is 361 g/mol. The third-order valence-corrected chi connectivity index (χ3v) is 5.07. The lowest BCUT2D eigenvalue weighted by Crippen LogP contribution is -2.05. The molecule has 136 valence electrons. The fourth-order valence-corrected chi connectivity index (χ4v) is 3.44. The summed E-state index contributed by atoms with van der Waals surface area (Å²) in [4.78, 5) is 4.39. The molecule has 0 bridgehead atoms. The van der Waals surface area contributed by atoms with Gasteiger partial charge in [-0.2, -0.15) is 13.2 Å². The third kappa shape index (κ3) is 4.04. The van der Waals surface area contributed by atoms with Crippen LogP contribution < -0.4 is 4.74 Å². The van der Waals surface area contributed by atoms with Gasteiger partial charge in [-0.15, -0.1) is 0 Å². The average Bonchev–Trinajstić information content (AvgIpc) is 3.00. The van der Waals surface area contributed by atoms with Gasteiger partial charge in [-0.05, 0) is 35.9 Å². The zero-order chi connectivity index (χ0) is 18.7. The molecule has 0 radical (unpaired) electrons. The van der Waals surface area contributed by atoms with Crippen LogP contribution in [0.1, 0.15) is 11.1 Å². The molecule has 0 spiro atoms. The summed E-state index contributed by atoms with van der Waals surface area (Å²) in [6.45, 7) is 0. The summed E-state index contributed by atoms with van der Waals surface area (Å²) >= 11 is 1.40. The number of rotatable bonds is 5. The van der Waals surface area contributed by atoms with Crippen LogP contribution >= 0.6 is 11.8 Å². The molecule has 1 aromatic heterocycles. The van der Waals surface area contributed by atoms with Crippen molar-refractivity contribution in [2.45, 2.75) is 17.1 Å². The van der Waals surface area contributed by atoms with Crippen molar-refractivity contribution < 1.29 is 17.9 Å². The van der Waals surface area contributed by atoms with Crippen LogP contribution in [0.15, 0.2) is 59.9 Å². The number of aromatic nitrogens is 2. The lowest BCUT2D eigenvalue weighted by Gasteiger charge is -2.09.